The van der Waals surface area contributed by atoms with Crippen molar-refractivity contribution in [3.8, 4) is 0 Å². The Morgan fingerprint density at radius 2 is 2.36 bits per heavy atom. The molecular formula is C7H11BrN2O. The molecule has 1 aromatic heterocycles. The van der Waals surface area contributed by atoms with E-state index in [1.54, 1.807) is 0 Å². The van der Waals surface area contributed by atoms with Gasteiger partial charge in [-0.2, -0.15) is 0 Å². The van der Waals surface area contributed by atoms with Crippen LogP contribution >= 0.6 is 15.9 Å². The van der Waals surface area contributed by atoms with E-state index in [0.717, 1.165) is 29.5 Å². The maximum Gasteiger partial charge on any atom is 0.181 e. The van der Waals surface area contributed by atoms with E-state index >= 15 is 0 Å². The van der Waals surface area contributed by atoms with Crippen molar-refractivity contribution in [2.45, 2.75) is 26.2 Å². The van der Waals surface area contributed by atoms with Crippen molar-refractivity contribution >= 4 is 21.7 Å². The first kappa shape index (κ1) is 8.59. The Bertz CT molecular complexity index is 234. The van der Waals surface area contributed by atoms with Gasteiger partial charge in [0.25, 0.3) is 0 Å². The first-order valence-electron chi connectivity index (χ1n) is 3.65. The molecule has 1 heterocycles. The monoisotopic (exact) mass is 218 g/mol. The van der Waals surface area contributed by atoms with Crippen LogP contribution in [-0.4, -0.2) is 5.16 Å². The number of hydrogen-bond acceptors (Lipinski definition) is 3. The van der Waals surface area contributed by atoms with Gasteiger partial charge in [-0.05, 0) is 22.4 Å². The molecule has 0 fully saturated rings. The number of nitrogens with zero attached hydrogens (tertiary/aromatic N) is 1. The molecule has 0 aliphatic carbocycles. The molecule has 2 N–H and O–H groups in total. The van der Waals surface area contributed by atoms with E-state index < -0.39 is 0 Å². The molecule has 0 unspecified atom stereocenters. The van der Waals surface area contributed by atoms with Crippen LogP contribution in [0.3, 0.4) is 0 Å². The normalized spacial score (nSPS) is 10.4. The molecule has 0 spiro atoms. The maximum atomic E-state index is 5.46. The Hall–Kier alpha value is -0.510. The quantitative estimate of drug-likeness (QED) is 0.848. The number of aromatic nitrogens is 1. The summed E-state index contributed by atoms with van der Waals surface area (Å²) in [6, 6.07) is 0. The molecule has 62 valence electrons. The summed E-state index contributed by atoms with van der Waals surface area (Å²) in [6.45, 7) is 2.13. The van der Waals surface area contributed by atoms with Crippen LogP contribution in [0.5, 0.6) is 0 Å². The molecule has 0 bridgehead atoms. The van der Waals surface area contributed by atoms with Crippen molar-refractivity contribution in [3.05, 3.63) is 10.2 Å². The van der Waals surface area contributed by atoms with Gasteiger partial charge in [0, 0.05) is 6.42 Å². The van der Waals surface area contributed by atoms with Gasteiger partial charge in [-0.1, -0.05) is 18.5 Å². The van der Waals surface area contributed by atoms with E-state index in [1.165, 1.54) is 0 Å². The highest BCUT2D eigenvalue weighted by molar-refractivity contribution is 9.10. The Morgan fingerprint density at radius 3 is 2.82 bits per heavy atom. The van der Waals surface area contributed by atoms with Crippen molar-refractivity contribution in [2.24, 2.45) is 0 Å². The molecule has 0 radical (unpaired) electrons. The Morgan fingerprint density at radius 1 is 1.64 bits per heavy atom. The third-order valence-corrected chi connectivity index (χ3v) is 2.33. The molecule has 0 aliphatic heterocycles. The summed E-state index contributed by atoms with van der Waals surface area (Å²) in [5.41, 5.74) is 5.46. The van der Waals surface area contributed by atoms with E-state index in [4.69, 9.17) is 10.3 Å². The Labute approximate surface area is 74.1 Å². The van der Waals surface area contributed by atoms with Crippen molar-refractivity contribution in [3.63, 3.8) is 0 Å². The van der Waals surface area contributed by atoms with Crippen LogP contribution in [-0.2, 0) is 6.42 Å². The topological polar surface area (TPSA) is 52.0 Å². The minimum atomic E-state index is 0.441. The Balaban J connectivity index is 2.63. The minimum absolute atomic E-state index is 0.441. The second-order valence-corrected chi connectivity index (χ2v) is 3.20. The summed E-state index contributed by atoms with van der Waals surface area (Å²) >= 11 is 3.30. The lowest BCUT2D eigenvalue weighted by Crippen LogP contribution is -1.85. The number of unbranched alkanes of at least 4 members (excludes halogenated alkanes) is 1. The lowest BCUT2D eigenvalue weighted by Gasteiger charge is -1.91. The number of anilines is 1. The van der Waals surface area contributed by atoms with Crippen molar-refractivity contribution in [1.82, 2.24) is 5.16 Å². The van der Waals surface area contributed by atoms with Gasteiger partial charge in [0.15, 0.2) is 11.6 Å². The zero-order chi connectivity index (χ0) is 8.27. The van der Waals surface area contributed by atoms with Gasteiger partial charge in [0.2, 0.25) is 0 Å². The molecule has 0 saturated heterocycles. The van der Waals surface area contributed by atoms with E-state index in [-0.39, 0.29) is 0 Å². The average molecular weight is 219 g/mol. The molecule has 1 rings (SSSR count). The lowest BCUT2D eigenvalue weighted by molar-refractivity contribution is 0.382. The Kier molecular flexibility index (Phi) is 2.93. The molecule has 0 aromatic carbocycles. The highest BCUT2D eigenvalue weighted by Crippen LogP contribution is 2.24. The van der Waals surface area contributed by atoms with Crippen LogP contribution in [0.25, 0.3) is 0 Å². The molecule has 0 atom stereocenters. The largest absolute Gasteiger partial charge is 0.380 e. The molecular weight excluding hydrogens is 208 g/mol. The van der Waals surface area contributed by atoms with Crippen LogP contribution in [0.15, 0.2) is 9.00 Å². The number of nitrogens with two attached hydrogens (primary N) is 1. The summed E-state index contributed by atoms with van der Waals surface area (Å²) in [7, 11) is 0. The van der Waals surface area contributed by atoms with Crippen molar-refractivity contribution in [1.29, 1.82) is 0 Å². The van der Waals surface area contributed by atoms with Crippen molar-refractivity contribution < 1.29 is 4.52 Å². The highest BCUT2D eigenvalue weighted by Gasteiger charge is 2.08. The van der Waals surface area contributed by atoms with Crippen LogP contribution in [0.4, 0.5) is 5.82 Å². The number of rotatable bonds is 3. The lowest BCUT2D eigenvalue weighted by atomic mass is 10.2. The summed E-state index contributed by atoms with van der Waals surface area (Å²) in [4.78, 5) is 0. The fourth-order valence-electron chi connectivity index (χ4n) is 0.820. The highest BCUT2D eigenvalue weighted by atomic mass is 79.9. The van der Waals surface area contributed by atoms with Crippen LogP contribution in [0.2, 0.25) is 0 Å². The second kappa shape index (κ2) is 3.76. The number of halogens is 1. The molecule has 1 aromatic rings. The number of nitrogen functional groups attached to an aromatic ring is 1. The second-order valence-electron chi connectivity index (χ2n) is 2.41. The fraction of sp³-hybridized carbons (Fsp3) is 0.571. The molecule has 3 nitrogen and oxygen atoms in total. The van der Waals surface area contributed by atoms with E-state index in [2.05, 4.69) is 28.0 Å². The smallest absolute Gasteiger partial charge is 0.181 e. The summed E-state index contributed by atoms with van der Waals surface area (Å²) < 4.78 is 5.79. The zero-order valence-electron chi connectivity index (χ0n) is 6.43. The standard InChI is InChI=1S/C7H11BrN2O/c1-2-3-4-5-6(8)7(9)10-11-5/h2-4H2,1H3,(H2,9,10). The first-order chi connectivity index (χ1) is 5.25. The summed E-state index contributed by atoms with van der Waals surface area (Å²) in [5, 5.41) is 3.62. The maximum absolute atomic E-state index is 5.46. The average Bonchev–Trinajstić information content (AvgIpc) is 2.31. The molecule has 0 saturated carbocycles. The van der Waals surface area contributed by atoms with E-state index in [1.807, 2.05) is 0 Å². The van der Waals surface area contributed by atoms with Gasteiger partial charge in [-0.3, -0.25) is 0 Å². The third kappa shape index (κ3) is 1.96. The minimum Gasteiger partial charge on any atom is -0.380 e. The number of aryl methyl sites for hydroxylation is 1. The predicted octanol–water partition coefficient (Wildman–Crippen LogP) is 2.36. The van der Waals surface area contributed by atoms with Gasteiger partial charge >= 0.3 is 0 Å². The first-order valence-corrected chi connectivity index (χ1v) is 4.44. The SMILES string of the molecule is CCCCc1onc(N)c1Br. The summed E-state index contributed by atoms with van der Waals surface area (Å²) in [6.07, 6.45) is 3.15. The molecule has 11 heavy (non-hydrogen) atoms. The predicted molar refractivity (Wildman–Crippen MR) is 47.2 cm³/mol. The number of hydrogen-bond donors (Lipinski definition) is 1. The van der Waals surface area contributed by atoms with Crippen LogP contribution < -0.4 is 5.73 Å². The van der Waals surface area contributed by atoms with Gasteiger partial charge in [0.05, 0.1) is 0 Å². The van der Waals surface area contributed by atoms with E-state index in [9.17, 15) is 0 Å². The third-order valence-electron chi connectivity index (χ3n) is 1.48. The summed E-state index contributed by atoms with van der Waals surface area (Å²) in [5.74, 6) is 1.29. The molecule has 0 amide bonds. The van der Waals surface area contributed by atoms with E-state index in [0.29, 0.717) is 5.82 Å². The van der Waals surface area contributed by atoms with Gasteiger partial charge < -0.3 is 10.3 Å². The molecule has 0 aliphatic rings. The van der Waals surface area contributed by atoms with Gasteiger partial charge in [-0.25, -0.2) is 0 Å². The zero-order valence-corrected chi connectivity index (χ0v) is 8.02. The molecule has 4 heteroatoms. The van der Waals surface area contributed by atoms with Crippen LogP contribution in [0, 0.1) is 0 Å². The van der Waals surface area contributed by atoms with Gasteiger partial charge in [-0.15, -0.1) is 0 Å². The van der Waals surface area contributed by atoms with Gasteiger partial charge in [0.1, 0.15) is 4.47 Å². The fourth-order valence-corrected chi connectivity index (χ4v) is 1.16. The van der Waals surface area contributed by atoms with Crippen LogP contribution in [0.1, 0.15) is 25.5 Å². The van der Waals surface area contributed by atoms with Crippen molar-refractivity contribution in [2.75, 3.05) is 5.73 Å².